The normalized spacial score (nSPS) is 22.3. The summed E-state index contributed by atoms with van der Waals surface area (Å²) < 4.78 is 8.69. The van der Waals surface area contributed by atoms with Crippen LogP contribution in [0.3, 0.4) is 0 Å². The van der Waals surface area contributed by atoms with Gasteiger partial charge >= 0.3 is 0 Å². The molecule has 1 amide bonds. The summed E-state index contributed by atoms with van der Waals surface area (Å²) in [4.78, 5) is 16.7. The zero-order valence-electron chi connectivity index (χ0n) is 17.6. The number of likely N-dealkylation sites (N-methyl/N-ethyl adjacent to an activating group) is 1. The molecule has 1 saturated heterocycles. The van der Waals surface area contributed by atoms with Gasteiger partial charge in [0.25, 0.3) is 0 Å². The van der Waals surface area contributed by atoms with Crippen molar-refractivity contribution in [1.29, 1.82) is 0 Å². The lowest BCUT2D eigenvalue weighted by Crippen LogP contribution is -2.53. The van der Waals surface area contributed by atoms with Crippen molar-refractivity contribution in [3.63, 3.8) is 0 Å². The molecule has 1 aromatic heterocycles. The zero-order valence-corrected chi connectivity index (χ0v) is 17.6. The van der Waals surface area contributed by atoms with E-state index < -0.39 is 0 Å². The molecule has 6 heteroatoms. The van der Waals surface area contributed by atoms with Crippen molar-refractivity contribution in [3.05, 3.63) is 30.1 Å². The maximum Gasteiger partial charge on any atom is 0.224 e. The Morgan fingerprint density at radius 2 is 2.03 bits per heavy atom. The summed E-state index contributed by atoms with van der Waals surface area (Å²) >= 11 is 0. The fourth-order valence-electron chi connectivity index (χ4n) is 4.68. The van der Waals surface area contributed by atoms with Crippen LogP contribution in [0.2, 0.25) is 0 Å². The van der Waals surface area contributed by atoms with Gasteiger partial charge in [0.05, 0.1) is 17.9 Å². The predicted octanol–water partition coefficient (Wildman–Crippen LogP) is 3.66. The van der Waals surface area contributed by atoms with Crippen LogP contribution in [-0.2, 0) is 11.2 Å². The molecule has 154 valence electrons. The molecule has 0 radical (unpaired) electrons. The van der Waals surface area contributed by atoms with Crippen LogP contribution in [0.1, 0.15) is 51.6 Å². The van der Waals surface area contributed by atoms with Gasteiger partial charge < -0.3 is 9.64 Å². The number of benzene rings is 1. The van der Waals surface area contributed by atoms with Gasteiger partial charge in [-0.05, 0) is 51.3 Å². The Morgan fingerprint density at radius 3 is 2.72 bits per heavy atom. The van der Waals surface area contributed by atoms with Gasteiger partial charge in [-0.3, -0.25) is 14.4 Å². The third kappa shape index (κ3) is 3.33. The van der Waals surface area contributed by atoms with Gasteiger partial charge in [0, 0.05) is 48.9 Å². The summed E-state index contributed by atoms with van der Waals surface area (Å²) in [6.07, 6.45) is 8.65. The Morgan fingerprint density at radius 1 is 1.24 bits per heavy atom. The highest BCUT2D eigenvalue weighted by atomic mass is 16.5. The van der Waals surface area contributed by atoms with Crippen LogP contribution < -0.4 is 9.64 Å². The van der Waals surface area contributed by atoms with E-state index in [1.807, 2.05) is 11.1 Å². The summed E-state index contributed by atoms with van der Waals surface area (Å²) in [5, 5.41) is 4.59. The van der Waals surface area contributed by atoms with E-state index in [1.54, 1.807) is 6.92 Å². The minimum absolute atomic E-state index is 0.0968. The SMILES string of the molecule is CCN1CC(Oc2c(-c3cnn(C4CC4)c3)ccc3c2CC[C@H](C)N3C(C)=O)C1. The summed E-state index contributed by atoms with van der Waals surface area (Å²) in [7, 11) is 0. The van der Waals surface area contributed by atoms with Gasteiger partial charge in [-0.1, -0.05) is 6.92 Å². The van der Waals surface area contributed by atoms with E-state index in [0.29, 0.717) is 6.04 Å². The third-order valence-electron chi connectivity index (χ3n) is 6.58. The average molecular weight is 395 g/mol. The Bertz CT molecular complexity index is 927. The summed E-state index contributed by atoms with van der Waals surface area (Å²) in [5.74, 6) is 1.05. The lowest BCUT2D eigenvalue weighted by Gasteiger charge is -2.40. The standard InChI is InChI=1S/C23H30N4O2/c1-4-25-13-19(14-25)29-23-20(17-11-24-26(12-17)18-6-7-18)9-10-22-21(23)8-5-15(2)27(22)16(3)28/h9-12,15,18-19H,4-8,13-14H2,1-3H3/t15-/m0/s1. The Balaban J connectivity index is 1.55. The number of hydrogen-bond acceptors (Lipinski definition) is 4. The van der Waals surface area contributed by atoms with E-state index in [0.717, 1.165) is 55.0 Å². The van der Waals surface area contributed by atoms with E-state index >= 15 is 0 Å². The first kappa shape index (κ1) is 18.7. The smallest absolute Gasteiger partial charge is 0.224 e. The van der Waals surface area contributed by atoms with E-state index in [9.17, 15) is 4.79 Å². The average Bonchev–Trinajstić information content (AvgIpc) is 3.40. The van der Waals surface area contributed by atoms with Crippen LogP contribution in [0.15, 0.2) is 24.5 Å². The first-order chi connectivity index (χ1) is 14.0. The van der Waals surface area contributed by atoms with Gasteiger partial charge in [0.2, 0.25) is 5.91 Å². The second kappa shape index (κ2) is 7.17. The Labute approximate surface area is 172 Å². The Hall–Kier alpha value is -2.34. The number of amides is 1. The van der Waals surface area contributed by atoms with E-state index in [4.69, 9.17) is 4.74 Å². The molecule has 6 nitrogen and oxygen atoms in total. The molecule has 1 aromatic carbocycles. The highest BCUT2D eigenvalue weighted by Gasteiger charge is 2.33. The topological polar surface area (TPSA) is 50.6 Å². The fourth-order valence-corrected chi connectivity index (χ4v) is 4.68. The second-order valence-electron chi connectivity index (χ2n) is 8.75. The lowest BCUT2D eigenvalue weighted by molar-refractivity contribution is -0.117. The van der Waals surface area contributed by atoms with Crippen LogP contribution in [-0.4, -0.2) is 52.4 Å². The Kier molecular flexibility index (Phi) is 4.62. The summed E-state index contributed by atoms with van der Waals surface area (Å²) in [6.45, 7) is 8.96. The van der Waals surface area contributed by atoms with Crippen LogP contribution >= 0.6 is 0 Å². The number of nitrogens with zero attached hydrogens (tertiary/aromatic N) is 4. The number of carbonyl (C=O) groups excluding carboxylic acids is 1. The molecule has 0 unspecified atom stereocenters. The van der Waals surface area contributed by atoms with Crippen LogP contribution in [0, 0.1) is 0 Å². The van der Waals surface area contributed by atoms with E-state index in [2.05, 4.69) is 46.9 Å². The minimum Gasteiger partial charge on any atom is -0.487 e. The highest BCUT2D eigenvalue weighted by molar-refractivity contribution is 5.95. The monoisotopic (exact) mass is 394 g/mol. The van der Waals surface area contributed by atoms with Crippen molar-refractivity contribution in [1.82, 2.24) is 14.7 Å². The molecule has 3 heterocycles. The van der Waals surface area contributed by atoms with Crippen LogP contribution in [0.25, 0.3) is 11.1 Å². The maximum absolute atomic E-state index is 12.4. The molecule has 2 fully saturated rings. The molecule has 0 bridgehead atoms. The van der Waals surface area contributed by atoms with Crippen molar-refractivity contribution in [2.45, 2.75) is 64.6 Å². The van der Waals surface area contributed by atoms with E-state index in [1.165, 1.54) is 18.4 Å². The predicted molar refractivity (Wildman–Crippen MR) is 113 cm³/mol. The van der Waals surface area contributed by atoms with Crippen molar-refractivity contribution < 1.29 is 9.53 Å². The molecule has 1 saturated carbocycles. The molecule has 29 heavy (non-hydrogen) atoms. The quantitative estimate of drug-likeness (QED) is 0.777. The van der Waals surface area contributed by atoms with Gasteiger partial charge in [0.1, 0.15) is 11.9 Å². The van der Waals surface area contributed by atoms with Crippen LogP contribution in [0.4, 0.5) is 5.69 Å². The molecule has 2 aliphatic heterocycles. The largest absolute Gasteiger partial charge is 0.487 e. The van der Waals surface area contributed by atoms with Crippen molar-refractivity contribution in [3.8, 4) is 16.9 Å². The number of carbonyl (C=O) groups is 1. The molecule has 0 N–H and O–H groups in total. The van der Waals surface area contributed by atoms with Gasteiger partial charge in [-0.25, -0.2) is 0 Å². The fraction of sp³-hybridized carbons (Fsp3) is 0.565. The highest BCUT2D eigenvalue weighted by Crippen LogP contribution is 2.44. The first-order valence-corrected chi connectivity index (χ1v) is 10.9. The third-order valence-corrected chi connectivity index (χ3v) is 6.58. The van der Waals surface area contributed by atoms with Gasteiger partial charge in [-0.2, -0.15) is 5.10 Å². The molecular formula is C23H30N4O2. The molecule has 3 aliphatic rings. The van der Waals surface area contributed by atoms with Crippen molar-refractivity contribution >= 4 is 11.6 Å². The van der Waals surface area contributed by atoms with Gasteiger partial charge in [-0.15, -0.1) is 0 Å². The molecule has 2 aromatic rings. The number of ether oxygens (including phenoxy) is 1. The minimum atomic E-state index is 0.0968. The number of rotatable bonds is 5. The lowest BCUT2D eigenvalue weighted by atomic mass is 9.92. The maximum atomic E-state index is 12.4. The first-order valence-electron chi connectivity index (χ1n) is 10.9. The number of fused-ring (bicyclic) bond motifs is 1. The summed E-state index contributed by atoms with van der Waals surface area (Å²) in [5.41, 5.74) is 4.39. The number of anilines is 1. The molecular weight excluding hydrogens is 364 g/mol. The number of likely N-dealkylation sites (tertiary alicyclic amines) is 1. The van der Waals surface area contributed by atoms with E-state index in [-0.39, 0.29) is 18.1 Å². The second-order valence-corrected chi connectivity index (χ2v) is 8.75. The number of hydrogen-bond donors (Lipinski definition) is 0. The molecule has 1 atom stereocenters. The summed E-state index contributed by atoms with van der Waals surface area (Å²) in [6, 6.07) is 5.00. The molecule has 1 aliphatic carbocycles. The molecule has 0 spiro atoms. The van der Waals surface area contributed by atoms with Gasteiger partial charge in [0.15, 0.2) is 0 Å². The zero-order chi connectivity index (χ0) is 20.1. The van der Waals surface area contributed by atoms with Crippen molar-refractivity contribution in [2.75, 3.05) is 24.5 Å². The number of aromatic nitrogens is 2. The molecule has 5 rings (SSSR count). The van der Waals surface area contributed by atoms with Crippen LogP contribution in [0.5, 0.6) is 5.75 Å². The van der Waals surface area contributed by atoms with Crippen molar-refractivity contribution in [2.24, 2.45) is 0 Å².